The molecule has 0 saturated carbocycles. The predicted molar refractivity (Wildman–Crippen MR) is 70.0 cm³/mol. The van der Waals surface area contributed by atoms with Crippen LogP contribution in [0.5, 0.6) is 11.5 Å². The quantitative estimate of drug-likeness (QED) is 0.673. The molecule has 0 atom stereocenters. The van der Waals surface area contributed by atoms with Crippen molar-refractivity contribution in [1.29, 1.82) is 0 Å². The van der Waals surface area contributed by atoms with Gasteiger partial charge in [-0.1, -0.05) is 0 Å². The van der Waals surface area contributed by atoms with Gasteiger partial charge in [-0.2, -0.15) is 0 Å². The Bertz CT molecular complexity index is 790. The molecule has 4 rings (SSSR count). The lowest BCUT2D eigenvalue weighted by Crippen LogP contribution is -1.93. The third kappa shape index (κ3) is 1.47. The minimum atomic E-state index is 0.234. The van der Waals surface area contributed by atoms with Crippen molar-refractivity contribution in [3.63, 3.8) is 0 Å². The van der Waals surface area contributed by atoms with E-state index in [1.54, 1.807) is 4.40 Å². The standard InChI is InChI=1S/C13H8N2O3S/c16-6-9-12(14-13-15(9)3-4-19-13)8-1-2-10-11(5-8)18-7-17-10/h1-6H,7H2. The van der Waals surface area contributed by atoms with Crippen LogP contribution in [-0.4, -0.2) is 22.5 Å². The highest BCUT2D eigenvalue weighted by Crippen LogP contribution is 2.36. The van der Waals surface area contributed by atoms with E-state index in [4.69, 9.17) is 9.47 Å². The van der Waals surface area contributed by atoms with Crippen molar-refractivity contribution in [2.24, 2.45) is 0 Å². The van der Waals surface area contributed by atoms with E-state index in [0.717, 1.165) is 22.6 Å². The second-order valence-corrected chi connectivity index (χ2v) is 4.96. The van der Waals surface area contributed by atoms with Crippen LogP contribution in [0.2, 0.25) is 0 Å². The van der Waals surface area contributed by atoms with E-state index in [1.807, 2.05) is 29.8 Å². The summed E-state index contributed by atoms with van der Waals surface area (Å²) in [5.41, 5.74) is 2.07. The van der Waals surface area contributed by atoms with Gasteiger partial charge in [-0.25, -0.2) is 4.98 Å². The van der Waals surface area contributed by atoms with Crippen LogP contribution in [0.15, 0.2) is 29.8 Å². The third-order valence-corrected chi connectivity index (χ3v) is 3.81. The molecule has 0 spiro atoms. The molecule has 5 nitrogen and oxygen atoms in total. The first kappa shape index (κ1) is 10.6. The first-order valence-electron chi connectivity index (χ1n) is 5.67. The number of nitrogens with zero attached hydrogens (tertiary/aromatic N) is 2. The van der Waals surface area contributed by atoms with Gasteiger partial charge in [0.1, 0.15) is 11.4 Å². The number of imidazole rings is 1. The van der Waals surface area contributed by atoms with Crippen molar-refractivity contribution in [3.05, 3.63) is 35.5 Å². The summed E-state index contributed by atoms with van der Waals surface area (Å²) in [4.78, 5) is 16.6. The minimum Gasteiger partial charge on any atom is -0.454 e. The molecule has 2 aromatic heterocycles. The third-order valence-electron chi connectivity index (χ3n) is 3.06. The van der Waals surface area contributed by atoms with E-state index >= 15 is 0 Å². The number of hydrogen-bond donors (Lipinski definition) is 0. The molecule has 0 N–H and O–H groups in total. The Labute approximate surface area is 112 Å². The molecule has 0 unspecified atom stereocenters. The van der Waals surface area contributed by atoms with Crippen molar-refractivity contribution in [3.8, 4) is 22.8 Å². The van der Waals surface area contributed by atoms with Crippen molar-refractivity contribution >= 4 is 22.6 Å². The largest absolute Gasteiger partial charge is 0.454 e. The zero-order chi connectivity index (χ0) is 12.8. The summed E-state index contributed by atoms with van der Waals surface area (Å²) in [7, 11) is 0. The summed E-state index contributed by atoms with van der Waals surface area (Å²) in [6.07, 6.45) is 2.67. The van der Waals surface area contributed by atoms with Gasteiger partial charge in [-0.15, -0.1) is 11.3 Å². The molecular formula is C13H8N2O3S. The normalized spacial score (nSPS) is 13.1. The Morgan fingerprint density at radius 3 is 3.11 bits per heavy atom. The van der Waals surface area contributed by atoms with Gasteiger partial charge in [-0.05, 0) is 18.2 Å². The molecule has 0 amide bonds. The van der Waals surface area contributed by atoms with Crippen molar-refractivity contribution in [2.75, 3.05) is 6.79 Å². The summed E-state index contributed by atoms with van der Waals surface area (Å²) in [5.74, 6) is 1.41. The van der Waals surface area contributed by atoms with Crippen LogP contribution in [0.3, 0.4) is 0 Å². The summed E-state index contributed by atoms with van der Waals surface area (Å²) in [5, 5.41) is 1.90. The number of carbonyl (C=O) groups excluding carboxylic acids is 1. The highest BCUT2D eigenvalue weighted by atomic mass is 32.1. The van der Waals surface area contributed by atoms with Gasteiger partial charge in [0.05, 0.1) is 0 Å². The molecule has 3 heterocycles. The molecule has 0 saturated heterocycles. The maximum Gasteiger partial charge on any atom is 0.231 e. The predicted octanol–water partition coefficient (Wildman–Crippen LogP) is 2.60. The molecule has 3 aromatic rings. The van der Waals surface area contributed by atoms with Crippen molar-refractivity contribution in [1.82, 2.24) is 9.38 Å². The van der Waals surface area contributed by atoms with E-state index < -0.39 is 0 Å². The number of rotatable bonds is 2. The summed E-state index contributed by atoms with van der Waals surface area (Å²) in [6, 6.07) is 5.56. The SMILES string of the molecule is O=Cc1c(-c2ccc3c(c2)OCO3)nc2sccn12. The number of carbonyl (C=O) groups is 1. The van der Waals surface area contributed by atoms with Gasteiger partial charge >= 0.3 is 0 Å². The van der Waals surface area contributed by atoms with Crippen LogP contribution < -0.4 is 9.47 Å². The topological polar surface area (TPSA) is 52.8 Å². The maximum absolute atomic E-state index is 11.3. The Kier molecular flexibility index (Phi) is 2.13. The number of aldehydes is 1. The zero-order valence-corrected chi connectivity index (χ0v) is 10.5. The van der Waals surface area contributed by atoms with Crippen LogP contribution in [0.4, 0.5) is 0 Å². The molecule has 1 aliphatic heterocycles. The Balaban J connectivity index is 1.94. The van der Waals surface area contributed by atoms with Gasteiger partial charge < -0.3 is 9.47 Å². The van der Waals surface area contributed by atoms with Crippen LogP contribution in [0.1, 0.15) is 10.5 Å². The van der Waals surface area contributed by atoms with Crippen LogP contribution in [-0.2, 0) is 0 Å². The molecular weight excluding hydrogens is 264 g/mol. The van der Waals surface area contributed by atoms with Crippen molar-refractivity contribution < 1.29 is 14.3 Å². The molecule has 0 bridgehead atoms. The van der Waals surface area contributed by atoms with E-state index in [-0.39, 0.29) is 6.79 Å². The van der Waals surface area contributed by atoms with Gasteiger partial charge in [0.25, 0.3) is 0 Å². The molecule has 1 aliphatic rings. The number of benzene rings is 1. The molecule has 1 aromatic carbocycles. The second kappa shape index (κ2) is 3.83. The summed E-state index contributed by atoms with van der Waals surface area (Å²) >= 11 is 1.49. The number of aromatic nitrogens is 2. The lowest BCUT2D eigenvalue weighted by Gasteiger charge is -2.01. The number of thiazole rings is 1. The van der Waals surface area contributed by atoms with Crippen LogP contribution >= 0.6 is 11.3 Å². The average Bonchev–Trinajstić information content (AvgIpc) is 3.12. The van der Waals surface area contributed by atoms with Gasteiger partial charge in [-0.3, -0.25) is 9.20 Å². The molecule has 6 heteroatoms. The van der Waals surface area contributed by atoms with Gasteiger partial charge in [0, 0.05) is 17.1 Å². The van der Waals surface area contributed by atoms with E-state index in [1.165, 1.54) is 11.3 Å². The monoisotopic (exact) mass is 272 g/mol. The van der Waals surface area contributed by atoms with Crippen molar-refractivity contribution in [2.45, 2.75) is 0 Å². The first-order chi connectivity index (χ1) is 9.36. The van der Waals surface area contributed by atoms with Crippen LogP contribution in [0.25, 0.3) is 16.2 Å². The number of ether oxygens (including phenoxy) is 2. The van der Waals surface area contributed by atoms with Crippen LogP contribution in [0, 0.1) is 0 Å². The molecule has 94 valence electrons. The van der Waals surface area contributed by atoms with Gasteiger partial charge in [0.15, 0.2) is 22.7 Å². The Morgan fingerprint density at radius 2 is 2.21 bits per heavy atom. The highest BCUT2D eigenvalue weighted by Gasteiger charge is 2.18. The fraction of sp³-hybridized carbons (Fsp3) is 0.0769. The van der Waals surface area contributed by atoms with E-state index in [2.05, 4.69) is 4.98 Å². The minimum absolute atomic E-state index is 0.234. The van der Waals surface area contributed by atoms with Gasteiger partial charge in [0.2, 0.25) is 6.79 Å². The molecule has 0 radical (unpaired) electrons. The molecule has 0 aliphatic carbocycles. The first-order valence-corrected chi connectivity index (χ1v) is 6.55. The Hall–Kier alpha value is -2.34. The lowest BCUT2D eigenvalue weighted by molar-refractivity contribution is 0.111. The fourth-order valence-electron chi connectivity index (χ4n) is 2.17. The average molecular weight is 272 g/mol. The highest BCUT2D eigenvalue weighted by molar-refractivity contribution is 7.15. The fourth-order valence-corrected chi connectivity index (χ4v) is 2.89. The molecule has 19 heavy (non-hydrogen) atoms. The lowest BCUT2D eigenvalue weighted by atomic mass is 10.1. The smallest absolute Gasteiger partial charge is 0.231 e. The number of hydrogen-bond acceptors (Lipinski definition) is 5. The molecule has 0 fully saturated rings. The maximum atomic E-state index is 11.3. The van der Waals surface area contributed by atoms with E-state index in [0.29, 0.717) is 17.1 Å². The number of fused-ring (bicyclic) bond motifs is 2. The Morgan fingerprint density at radius 1 is 1.32 bits per heavy atom. The second-order valence-electron chi connectivity index (χ2n) is 4.09. The summed E-state index contributed by atoms with van der Waals surface area (Å²) < 4.78 is 12.4. The zero-order valence-electron chi connectivity index (χ0n) is 9.70. The van der Waals surface area contributed by atoms with E-state index in [9.17, 15) is 4.79 Å². The summed E-state index contributed by atoms with van der Waals surface area (Å²) in [6.45, 7) is 0.234.